The van der Waals surface area contributed by atoms with Gasteiger partial charge in [-0.2, -0.15) is 0 Å². The van der Waals surface area contributed by atoms with Gasteiger partial charge in [0.1, 0.15) is 0 Å². The molecule has 0 fully saturated rings. The van der Waals surface area contributed by atoms with E-state index in [1.165, 1.54) is 20.6 Å². The number of rotatable bonds is 5. The average molecular weight is 616 g/mol. The topological polar surface area (TPSA) is 51.6 Å². The van der Waals surface area contributed by atoms with Crippen molar-refractivity contribution in [1.29, 1.82) is 0 Å². The van der Waals surface area contributed by atoms with Crippen LogP contribution in [-0.2, 0) is 0 Å². The first-order valence-electron chi connectivity index (χ1n) is 14.2. The summed E-state index contributed by atoms with van der Waals surface area (Å²) >= 11 is 0.123. The monoisotopic (exact) mass is 616 g/mol. The van der Waals surface area contributed by atoms with E-state index in [2.05, 4.69) is 84.9 Å². The summed E-state index contributed by atoms with van der Waals surface area (Å²) in [5, 5.41) is 2.46. The molecule has 2 aromatic heterocycles. The zero-order valence-corrected chi connectivity index (χ0v) is 24.8. The normalized spacial score (nSPS) is 11.3. The Morgan fingerprint density at radius 1 is 0.372 bits per heavy atom. The van der Waals surface area contributed by atoms with E-state index in [1.54, 1.807) is 0 Å². The van der Waals surface area contributed by atoms with Crippen LogP contribution in [0.4, 0.5) is 0 Å². The van der Waals surface area contributed by atoms with Crippen LogP contribution in [0.2, 0.25) is 0 Å². The molecule has 8 rings (SSSR count). The third kappa shape index (κ3) is 4.75. The molecule has 0 N–H and O–H groups in total. The molecule has 8 aromatic rings. The van der Waals surface area contributed by atoms with Gasteiger partial charge in [-0.05, 0) is 0 Å². The third-order valence-corrected chi connectivity index (χ3v) is 9.99. The summed E-state index contributed by atoms with van der Waals surface area (Å²) in [5.41, 5.74) is 7.30. The molecule has 0 unspecified atom stereocenters. The van der Waals surface area contributed by atoms with Gasteiger partial charge in [0.15, 0.2) is 0 Å². The summed E-state index contributed by atoms with van der Waals surface area (Å²) in [6.07, 6.45) is 0. The number of nitrogens with zero attached hydrogens (tertiary/aromatic N) is 4. The minimum absolute atomic E-state index is 0.123. The number of hydrogen-bond acceptors (Lipinski definition) is 4. The predicted molar refractivity (Wildman–Crippen MR) is 177 cm³/mol. The van der Waals surface area contributed by atoms with Gasteiger partial charge in [-0.15, -0.1) is 0 Å². The summed E-state index contributed by atoms with van der Waals surface area (Å²) in [7, 11) is 0. The second kappa shape index (κ2) is 10.9. The number of fused-ring (bicyclic) bond motifs is 3. The molecular weight excluding hydrogens is 591 g/mol. The first-order valence-corrected chi connectivity index (χ1v) is 15.9. The minimum atomic E-state index is 0.123. The van der Waals surface area contributed by atoms with Crippen molar-refractivity contribution in [1.82, 2.24) is 19.9 Å². The molecule has 5 heteroatoms. The van der Waals surface area contributed by atoms with E-state index < -0.39 is 0 Å². The van der Waals surface area contributed by atoms with Crippen molar-refractivity contribution in [2.24, 2.45) is 0 Å². The van der Waals surface area contributed by atoms with E-state index in [4.69, 9.17) is 19.9 Å². The number of benzene rings is 6. The van der Waals surface area contributed by atoms with E-state index >= 15 is 0 Å². The van der Waals surface area contributed by atoms with Crippen molar-refractivity contribution < 1.29 is 0 Å². The summed E-state index contributed by atoms with van der Waals surface area (Å²) in [6, 6.07) is 50.1. The fourth-order valence-electron chi connectivity index (χ4n) is 5.52. The quantitative estimate of drug-likeness (QED) is 0.181. The molecule has 4 nitrogen and oxygen atoms in total. The summed E-state index contributed by atoms with van der Waals surface area (Å²) in [5.74, 6) is 1.95. The van der Waals surface area contributed by atoms with E-state index in [0.29, 0.717) is 17.5 Å². The standard InChI is InChI=1S/C38H24N4Se/c1-4-14-25(15-5-1)35-40-36(26-16-6-2-7-17-26)42-37(41-35)31-23-13-11-21-29(31)32-24-33-34(30-22-12-10-20-28(30)32)43-38(39-33)27-18-8-3-9-19-27/h1-24H. The molecule has 202 valence electrons. The SMILES string of the molecule is c1ccc(-c2nc(-c3ccccc3)nc(-c3ccccc3-c3cc4nc(-c5ccccc5)[se]c4c4ccccc34)n2)cc1. The van der Waals surface area contributed by atoms with Gasteiger partial charge in [0, 0.05) is 0 Å². The van der Waals surface area contributed by atoms with Gasteiger partial charge >= 0.3 is 244 Å². The molecule has 0 atom stereocenters. The second-order valence-electron chi connectivity index (χ2n) is 10.3. The van der Waals surface area contributed by atoms with Crippen molar-refractivity contribution in [2.75, 3.05) is 0 Å². The molecule has 0 aliphatic rings. The molecule has 0 bridgehead atoms. The molecule has 6 aromatic carbocycles. The third-order valence-electron chi connectivity index (χ3n) is 7.57. The van der Waals surface area contributed by atoms with Gasteiger partial charge in [-0.3, -0.25) is 0 Å². The predicted octanol–water partition coefficient (Wildman–Crippen LogP) is 8.96. The zero-order chi connectivity index (χ0) is 28.6. The van der Waals surface area contributed by atoms with Crippen LogP contribution >= 0.6 is 0 Å². The van der Waals surface area contributed by atoms with E-state index in [0.717, 1.165) is 37.9 Å². The Balaban J connectivity index is 1.36. The van der Waals surface area contributed by atoms with Gasteiger partial charge in [-0.25, -0.2) is 0 Å². The molecule has 43 heavy (non-hydrogen) atoms. The Bertz CT molecular complexity index is 2170. The molecule has 0 radical (unpaired) electrons. The van der Waals surface area contributed by atoms with Crippen molar-refractivity contribution in [2.45, 2.75) is 0 Å². The van der Waals surface area contributed by atoms with Crippen molar-refractivity contribution in [3.05, 3.63) is 146 Å². The maximum atomic E-state index is 5.17. The van der Waals surface area contributed by atoms with Crippen LogP contribution in [0.3, 0.4) is 0 Å². The van der Waals surface area contributed by atoms with Crippen molar-refractivity contribution >= 4 is 35.1 Å². The molecule has 0 spiro atoms. The molecule has 0 aliphatic heterocycles. The van der Waals surface area contributed by atoms with Crippen LogP contribution in [0.5, 0.6) is 0 Å². The van der Waals surface area contributed by atoms with Crippen LogP contribution < -0.4 is 0 Å². The Kier molecular flexibility index (Phi) is 6.45. The molecule has 2 heterocycles. The van der Waals surface area contributed by atoms with Gasteiger partial charge < -0.3 is 0 Å². The fraction of sp³-hybridized carbons (Fsp3) is 0. The van der Waals surface area contributed by atoms with E-state index in [9.17, 15) is 0 Å². The van der Waals surface area contributed by atoms with E-state index in [-0.39, 0.29) is 14.5 Å². The molecular formula is C38H24N4Se. The summed E-state index contributed by atoms with van der Waals surface area (Å²) in [4.78, 5) is 20.2. The Morgan fingerprint density at radius 3 is 1.49 bits per heavy atom. The van der Waals surface area contributed by atoms with Crippen molar-refractivity contribution in [3.63, 3.8) is 0 Å². The van der Waals surface area contributed by atoms with E-state index in [1.807, 2.05) is 60.7 Å². The number of aromatic nitrogens is 4. The Morgan fingerprint density at radius 2 is 0.860 bits per heavy atom. The van der Waals surface area contributed by atoms with Crippen LogP contribution in [0, 0.1) is 0 Å². The van der Waals surface area contributed by atoms with Crippen LogP contribution in [-0.4, -0.2) is 34.4 Å². The van der Waals surface area contributed by atoms with Crippen LogP contribution in [0.1, 0.15) is 0 Å². The van der Waals surface area contributed by atoms with Crippen molar-refractivity contribution in [3.8, 4) is 55.4 Å². The van der Waals surface area contributed by atoms with Gasteiger partial charge in [-0.1, -0.05) is 12.1 Å². The zero-order valence-electron chi connectivity index (χ0n) is 23.1. The maximum absolute atomic E-state index is 5.17. The first kappa shape index (κ1) is 25.5. The summed E-state index contributed by atoms with van der Waals surface area (Å²) in [6.45, 7) is 0. The first-order chi connectivity index (χ1) is 21.3. The van der Waals surface area contributed by atoms with Gasteiger partial charge in [0.2, 0.25) is 0 Å². The number of hydrogen-bond donors (Lipinski definition) is 0. The summed E-state index contributed by atoms with van der Waals surface area (Å²) < 4.78 is 2.50. The van der Waals surface area contributed by atoms with Crippen LogP contribution in [0.15, 0.2) is 146 Å². The van der Waals surface area contributed by atoms with Crippen LogP contribution in [0.25, 0.3) is 76.0 Å². The van der Waals surface area contributed by atoms with Gasteiger partial charge in [0.25, 0.3) is 0 Å². The second-order valence-corrected chi connectivity index (χ2v) is 12.4. The molecule has 0 aliphatic carbocycles. The molecule has 0 saturated carbocycles. The molecule has 0 saturated heterocycles. The van der Waals surface area contributed by atoms with Gasteiger partial charge in [0.05, 0.1) is 0 Å². The Labute approximate surface area is 255 Å². The molecule has 0 amide bonds. The fourth-order valence-corrected chi connectivity index (χ4v) is 7.81. The Hall–Kier alpha value is -5.22. The average Bonchev–Trinajstić information content (AvgIpc) is 3.54.